The lowest BCUT2D eigenvalue weighted by atomic mass is 9.88. The number of imide groups is 1. The van der Waals surface area contributed by atoms with E-state index in [1.54, 1.807) is 30.3 Å². The summed E-state index contributed by atoms with van der Waals surface area (Å²) in [5.41, 5.74) is 2.40. The highest BCUT2D eigenvalue weighted by Gasteiger charge is 2.64. The molecule has 1 N–H and O–H groups in total. The summed E-state index contributed by atoms with van der Waals surface area (Å²) in [6, 6.07) is 20.3. The number of carbonyl (C=O) groups excluding carboxylic acids is 3. The lowest BCUT2D eigenvalue weighted by Gasteiger charge is -2.36. The van der Waals surface area contributed by atoms with E-state index in [1.807, 2.05) is 41.3 Å². The maximum atomic E-state index is 13.7. The highest BCUT2D eigenvalue weighted by molar-refractivity contribution is 6.25. The van der Waals surface area contributed by atoms with Gasteiger partial charge in [0, 0.05) is 23.5 Å². The number of amides is 3. The third-order valence-electron chi connectivity index (χ3n) is 7.04. The number of fused-ring (bicyclic) bond motifs is 5. The number of hydrogen-bond acceptors (Lipinski definition) is 6. The number of para-hydroxylation sites is 2. The normalized spacial score (nSPS) is 23.8. The first-order valence-electron chi connectivity index (χ1n) is 11.5. The topological polar surface area (TPSA) is 113 Å². The fourth-order valence-electron chi connectivity index (χ4n) is 5.53. The summed E-state index contributed by atoms with van der Waals surface area (Å²) in [6.07, 6.45) is 3.81. The Balaban J connectivity index is 1.41. The molecule has 0 spiro atoms. The minimum atomic E-state index is -0.952. The van der Waals surface area contributed by atoms with Crippen LogP contribution in [0.5, 0.6) is 0 Å². The van der Waals surface area contributed by atoms with Crippen molar-refractivity contribution in [2.24, 2.45) is 11.8 Å². The molecule has 0 aliphatic carbocycles. The summed E-state index contributed by atoms with van der Waals surface area (Å²) in [4.78, 5) is 54.6. The van der Waals surface area contributed by atoms with E-state index < -0.39 is 40.7 Å². The van der Waals surface area contributed by atoms with Crippen LogP contribution in [0.25, 0.3) is 6.08 Å². The van der Waals surface area contributed by atoms with Gasteiger partial charge in [-0.15, -0.1) is 0 Å². The zero-order chi connectivity index (χ0) is 25.0. The predicted molar refractivity (Wildman–Crippen MR) is 133 cm³/mol. The van der Waals surface area contributed by atoms with Crippen LogP contribution < -0.4 is 15.1 Å². The quantitative estimate of drug-likeness (QED) is 0.347. The van der Waals surface area contributed by atoms with Gasteiger partial charge in [-0.05, 0) is 35.9 Å². The fourth-order valence-corrected chi connectivity index (χ4v) is 5.53. The van der Waals surface area contributed by atoms with E-state index in [9.17, 15) is 24.5 Å². The Morgan fingerprint density at radius 3 is 2.25 bits per heavy atom. The van der Waals surface area contributed by atoms with Crippen LogP contribution in [-0.4, -0.2) is 34.7 Å². The number of benzene rings is 3. The maximum Gasteiger partial charge on any atom is 0.269 e. The number of rotatable bonds is 4. The van der Waals surface area contributed by atoms with Crippen LogP contribution in [0, 0.1) is 22.0 Å². The van der Waals surface area contributed by atoms with E-state index >= 15 is 0 Å². The van der Waals surface area contributed by atoms with Gasteiger partial charge in [-0.25, -0.2) is 4.90 Å². The van der Waals surface area contributed by atoms with E-state index in [0.29, 0.717) is 11.4 Å². The van der Waals surface area contributed by atoms with E-state index in [0.717, 1.165) is 11.3 Å². The molecule has 0 unspecified atom stereocenters. The molecule has 4 atom stereocenters. The molecule has 0 radical (unpaired) electrons. The van der Waals surface area contributed by atoms with Crippen LogP contribution >= 0.6 is 0 Å². The van der Waals surface area contributed by atoms with Gasteiger partial charge in [-0.1, -0.05) is 48.6 Å². The van der Waals surface area contributed by atoms with Crippen molar-refractivity contribution < 1.29 is 19.3 Å². The molecular formula is C27H20N4O5. The Labute approximate surface area is 205 Å². The lowest BCUT2D eigenvalue weighted by molar-refractivity contribution is -0.384. The summed E-state index contributed by atoms with van der Waals surface area (Å²) in [6.45, 7) is 0. The van der Waals surface area contributed by atoms with Crippen LogP contribution in [-0.2, 0) is 14.4 Å². The van der Waals surface area contributed by atoms with E-state index in [1.165, 1.54) is 29.2 Å². The summed E-state index contributed by atoms with van der Waals surface area (Å²) < 4.78 is 0. The molecule has 2 fully saturated rings. The number of hydrogen-bond donors (Lipinski definition) is 1. The Bertz CT molecular complexity index is 1440. The minimum Gasteiger partial charge on any atom is -0.351 e. The molecule has 3 aliphatic heterocycles. The molecule has 36 heavy (non-hydrogen) atoms. The summed E-state index contributed by atoms with van der Waals surface area (Å²) in [5, 5.41) is 13.8. The largest absolute Gasteiger partial charge is 0.351 e. The number of nitro benzene ring substituents is 1. The molecule has 0 aromatic heterocycles. The molecule has 0 saturated carbocycles. The highest BCUT2D eigenvalue weighted by atomic mass is 16.6. The Morgan fingerprint density at radius 1 is 0.861 bits per heavy atom. The van der Waals surface area contributed by atoms with Crippen molar-refractivity contribution in [2.45, 2.75) is 12.1 Å². The molecule has 2 saturated heterocycles. The van der Waals surface area contributed by atoms with Gasteiger partial charge in [0.1, 0.15) is 6.04 Å². The number of anilines is 3. The highest BCUT2D eigenvalue weighted by Crippen LogP contribution is 2.49. The molecule has 3 amide bonds. The molecule has 6 rings (SSSR count). The number of nitro groups is 1. The van der Waals surface area contributed by atoms with Crippen LogP contribution in [0.3, 0.4) is 0 Å². The van der Waals surface area contributed by atoms with Crippen LogP contribution in [0.15, 0.2) is 84.9 Å². The van der Waals surface area contributed by atoms with Crippen molar-refractivity contribution in [1.29, 1.82) is 0 Å². The molecule has 3 aliphatic rings. The van der Waals surface area contributed by atoms with Crippen molar-refractivity contribution in [3.05, 3.63) is 101 Å². The smallest absolute Gasteiger partial charge is 0.269 e. The summed E-state index contributed by atoms with van der Waals surface area (Å²) in [7, 11) is 0. The second-order valence-electron chi connectivity index (χ2n) is 8.95. The van der Waals surface area contributed by atoms with Gasteiger partial charge in [-0.2, -0.15) is 0 Å². The maximum absolute atomic E-state index is 13.7. The van der Waals surface area contributed by atoms with Gasteiger partial charge in [0.15, 0.2) is 0 Å². The molecule has 3 aromatic rings. The standard InChI is InChI=1S/C27H20N4O5/c32-25(28-17-11-13-19(14-12-17)31(35)36)24-23-22(21-15-10-16-6-4-5-9-20(16)30(21)24)26(33)29(27(23)34)18-7-2-1-3-8-18/h1-15,21-24H,(H,28,32)/t21-,22+,23+,24-/m0/s1. The Kier molecular flexibility index (Phi) is 4.92. The number of nitrogens with zero attached hydrogens (tertiary/aromatic N) is 3. The molecule has 9 nitrogen and oxygen atoms in total. The SMILES string of the molecule is O=C(Nc1ccc([N+](=O)[O-])cc1)[C@@H]1[C@@H]2C(=O)N(c3ccccc3)C(=O)[C@@H]2[C@@H]2C=Cc3ccccc3N12. The van der Waals surface area contributed by atoms with Gasteiger partial charge < -0.3 is 10.2 Å². The van der Waals surface area contributed by atoms with Gasteiger partial charge >= 0.3 is 0 Å². The van der Waals surface area contributed by atoms with E-state index in [4.69, 9.17) is 0 Å². The second kappa shape index (κ2) is 8.16. The van der Waals surface area contributed by atoms with Crippen molar-refractivity contribution in [2.75, 3.05) is 15.1 Å². The van der Waals surface area contributed by atoms with Crippen LogP contribution in [0.1, 0.15) is 5.56 Å². The molecule has 3 heterocycles. The van der Waals surface area contributed by atoms with Crippen molar-refractivity contribution in [3.63, 3.8) is 0 Å². The Hall–Kier alpha value is -4.79. The molecule has 178 valence electrons. The minimum absolute atomic E-state index is 0.0980. The number of nitrogens with one attached hydrogen (secondary N) is 1. The van der Waals surface area contributed by atoms with Crippen molar-refractivity contribution >= 4 is 46.5 Å². The molecule has 3 aromatic carbocycles. The monoisotopic (exact) mass is 480 g/mol. The summed E-state index contributed by atoms with van der Waals surface area (Å²) in [5.74, 6) is -2.82. The van der Waals surface area contributed by atoms with Crippen molar-refractivity contribution in [1.82, 2.24) is 0 Å². The summed E-state index contributed by atoms with van der Waals surface area (Å²) >= 11 is 0. The van der Waals surface area contributed by atoms with Crippen molar-refractivity contribution in [3.8, 4) is 0 Å². The van der Waals surface area contributed by atoms with Gasteiger partial charge in [0.05, 0.1) is 28.5 Å². The number of non-ortho nitro benzene ring substituents is 1. The molecule has 0 bridgehead atoms. The third kappa shape index (κ3) is 3.20. The molecular weight excluding hydrogens is 460 g/mol. The van der Waals surface area contributed by atoms with Crippen LogP contribution in [0.4, 0.5) is 22.7 Å². The predicted octanol–water partition coefficient (Wildman–Crippen LogP) is 3.62. The van der Waals surface area contributed by atoms with Gasteiger partial charge in [-0.3, -0.25) is 24.5 Å². The van der Waals surface area contributed by atoms with Gasteiger partial charge in [0.25, 0.3) is 5.69 Å². The zero-order valence-corrected chi connectivity index (χ0v) is 18.9. The first kappa shape index (κ1) is 21.7. The number of carbonyl (C=O) groups is 3. The van der Waals surface area contributed by atoms with E-state index in [-0.39, 0.29) is 11.6 Å². The average molecular weight is 480 g/mol. The first-order valence-corrected chi connectivity index (χ1v) is 11.5. The second-order valence-corrected chi connectivity index (χ2v) is 8.95. The molecule has 9 heteroatoms. The third-order valence-corrected chi connectivity index (χ3v) is 7.04. The first-order chi connectivity index (χ1) is 17.5. The fraction of sp³-hybridized carbons (Fsp3) is 0.148. The zero-order valence-electron chi connectivity index (χ0n) is 18.9. The van der Waals surface area contributed by atoms with E-state index in [2.05, 4.69) is 5.32 Å². The van der Waals surface area contributed by atoms with Crippen LogP contribution in [0.2, 0.25) is 0 Å². The Morgan fingerprint density at radius 2 is 1.53 bits per heavy atom. The van der Waals surface area contributed by atoms with Gasteiger partial charge in [0.2, 0.25) is 17.7 Å². The average Bonchev–Trinajstić information content (AvgIpc) is 3.37. The lowest BCUT2D eigenvalue weighted by Crippen LogP contribution is -2.50.